The Hall–Kier alpha value is -1.86. The van der Waals surface area contributed by atoms with Crippen molar-refractivity contribution in [3.63, 3.8) is 0 Å². The number of ether oxygens (including phenoxy) is 2. The predicted molar refractivity (Wildman–Crippen MR) is 192 cm³/mol. The molecule has 0 aliphatic carbocycles. The molecule has 0 saturated carbocycles. The summed E-state index contributed by atoms with van der Waals surface area (Å²) in [5.74, 6) is -0.366. The molecule has 0 aromatic heterocycles. The molecule has 0 aromatic carbocycles. The molecule has 2 rings (SSSR count). The van der Waals surface area contributed by atoms with Crippen molar-refractivity contribution in [1.82, 2.24) is 0 Å². The maximum atomic E-state index is 12.1. The van der Waals surface area contributed by atoms with E-state index in [1.807, 2.05) is 0 Å². The van der Waals surface area contributed by atoms with Gasteiger partial charge in [0.05, 0.1) is 0 Å². The van der Waals surface area contributed by atoms with Crippen molar-refractivity contribution < 1.29 is 19.1 Å². The summed E-state index contributed by atoms with van der Waals surface area (Å²) < 4.78 is 10.8. The first-order valence-corrected chi connectivity index (χ1v) is 20.2. The number of carbonyl (C=O) groups is 2. The van der Waals surface area contributed by atoms with E-state index in [4.69, 9.17) is 9.47 Å². The fourth-order valence-corrected chi connectivity index (χ4v) is 6.49. The first-order valence-electron chi connectivity index (χ1n) is 20.2. The van der Waals surface area contributed by atoms with Crippen molar-refractivity contribution in [2.45, 2.75) is 231 Å². The standard InChI is InChI=1S/C39H72N4O4/c1-4-6-30-38(40-41-38)32-26-22-18-14-10-8-12-16-20-24-28-36(44)46-34-35(3)47-37(45)29-25-21-17-13-9-11-15-19-23-27-33-39(42-43-39)31-7-5-2/h35H,4-34H2,1-3H3. The molecule has 8 nitrogen and oxygen atoms in total. The molecule has 0 amide bonds. The van der Waals surface area contributed by atoms with E-state index in [9.17, 15) is 9.59 Å². The van der Waals surface area contributed by atoms with Gasteiger partial charge in [-0.3, -0.25) is 9.59 Å². The number of rotatable bonds is 35. The van der Waals surface area contributed by atoms with E-state index >= 15 is 0 Å². The average Bonchev–Trinajstić information content (AvgIpc) is 4.00. The van der Waals surface area contributed by atoms with E-state index in [0.717, 1.165) is 51.4 Å². The molecule has 0 saturated heterocycles. The zero-order valence-corrected chi connectivity index (χ0v) is 30.9. The molecule has 8 heteroatoms. The molecule has 272 valence electrons. The van der Waals surface area contributed by atoms with Crippen LogP contribution < -0.4 is 0 Å². The van der Waals surface area contributed by atoms with E-state index in [1.54, 1.807) is 6.92 Å². The fourth-order valence-electron chi connectivity index (χ4n) is 6.49. The van der Waals surface area contributed by atoms with Gasteiger partial charge in [0.25, 0.3) is 0 Å². The zero-order chi connectivity index (χ0) is 33.9. The molecule has 47 heavy (non-hydrogen) atoms. The molecular weight excluding hydrogens is 588 g/mol. The third-order valence-corrected chi connectivity index (χ3v) is 9.85. The molecule has 0 bridgehead atoms. The summed E-state index contributed by atoms with van der Waals surface area (Å²) in [7, 11) is 0. The quantitative estimate of drug-likeness (QED) is 0.0498. The molecule has 2 aliphatic heterocycles. The van der Waals surface area contributed by atoms with Gasteiger partial charge in [0.15, 0.2) is 11.3 Å². The second-order valence-corrected chi connectivity index (χ2v) is 14.6. The summed E-state index contributed by atoms with van der Waals surface area (Å²) in [5, 5.41) is 17.2. The van der Waals surface area contributed by atoms with Gasteiger partial charge in [-0.15, -0.1) is 0 Å². The SMILES string of the molecule is CCCCC1(CCCCCCCCCCCCC(=O)OCC(C)OC(=O)CCCCCCCCCCCCC2(CCCC)N=N2)N=N1. The largest absolute Gasteiger partial charge is 0.462 e. The van der Waals surface area contributed by atoms with Crippen LogP contribution in [-0.2, 0) is 19.1 Å². The van der Waals surface area contributed by atoms with Crippen LogP contribution in [0.5, 0.6) is 0 Å². The lowest BCUT2D eigenvalue weighted by atomic mass is 9.98. The first kappa shape index (κ1) is 41.3. The van der Waals surface area contributed by atoms with E-state index < -0.39 is 0 Å². The third kappa shape index (κ3) is 22.4. The highest BCUT2D eigenvalue weighted by Gasteiger charge is 2.38. The predicted octanol–water partition coefficient (Wildman–Crippen LogP) is 12.5. The molecular formula is C39H72N4O4. The lowest BCUT2D eigenvalue weighted by Crippen LogP contribution is -2.22. The van der Waals surface area contributed by atoms with Gasteiger partial charge < -0.3 is 9.47 Å². The topological polar surface area (TPSA) is 102 Å². The average molecular weight is 661 g/mol. The normalized spacial score (nSPS) is 15.9. The van der Waals surface area contributed by atoms with Crippen LogP contribution in [0, 0.1) is 0 Å². The lowest BCUT2D eigenvalue weighted by Gasteiger charge is -2.13. The number of nitrogens with zero attached hydrogens (tertiary/aromatic N) is 4. The Bertz CT molecular complexity index is 865. The molecule has 1 unspecified atom stereocenters. The van der Waals surface area contributed by atoms with Crippen molar-refractivity contribution in [3.05, 3.63) is 0 Å². The van der Waals surface area contributed by atoms with Gasteiger partial charge in [-0.25, -0.2) is 0 Å². The van der Waals surface area contributed by atoms with Crippen LogP contribution in [0.1, 0.15) is 213 Å². The summed E-state index contributed by atoms with van der Waals surface area (Å²) in [4.78, 5) is 24.2. The van der Waals surface area contributed by atoms with Gasteiger partial charge in [-0.1, -0.05) is 129 Å². The minimum absolute atomic E-state index is 0.0231. The highest BCUT2D eigenvalue weighted by atomic mass is 16.6. The molecule has 0 spiro atoms. The van der Waals surface area contributed by atoms with Gasteiger partial charge in [-0.2, -0.15) is 20.5 Å². The molecule has 1 atom stereocenters. The Morgan fingerprint density at radius 1 is 0.468 bits per heavy atom. The van der Waals surface area contributed by atoms with Crippen molar-refractivity contribution in [1.29, 1.82) is 0 Å². The molecule has 0 fully saturated rings. The Balaban J connectivity index is 1.26. The van der Waals surface area contributed by atoms with Gasteiger partial charge >= 0.3 is 11.9 Å². The first-order chi connectivity index (χ1) is 22.9. The van der Waals surface area contributed by atoms with Crippen molar-refractivity contribution in [2.24, 2.45) is 20.5 Å². The lowest BCUT2D eigenvalue weighted by molar-refractivity contribution is -0.158. The minimum Gasteiger partial charge on any atom is -0.462 e. The second kappa shape index (κ2) is 26.1. The van der Waals surface area contributed by atoms with Gasteiger partial charge in [-0.05, 0) is 71.1 Å². The molecule has 0 aromatic rings. The van der Waals surface area contributed by atoms with Crippen LogP contribution in [0.15, 0.2) is 20.5 Å². The highest BCUT2D eigenvalue weighted by molar-refractivity contribution is 5.70. The summed E-state index contributed by atoms with van der Waals surface area (Å²) in [6.45, 7) is 6.41. The smallest absolute Gasteiger partial charge is 0.306 e. The van der Waals surface area contributed by atoms with E-state index in [-0.39, 0.29) is 36.0 Å². The van der Waals surface area contributed by atoms with Crippen LogP contribution in [0.2, 0.25) is 0 Å². The van der Waals surface area contributed by atoms with Crippen LogP contribution in [-0.4, -0.2) is 36.0 Å². The van der Waals surface area contributed by atoms with Gasteiger partial charge in [0.1, 0.15) is 12.7 Å². The molecule has 2 aliphatic rings. The monoisotopic (exact) mass is 661 g/mol. The summed E-state index contributed by atoms with van der Waals surface area (Å²) in [5.41, 5.74) is 0.0464. The number of carbonyl (C=O) groups excluding carboxylic acids is 2. The number of unbranched alkanes of at least 4 members (excludes halogenated alkanes) is 20. The maximum absolute atomic E-state index is 12.1. The highest BCUT2D eigenvalue weighted by Crippen LogP contribution is 2.39. The van der Waals surface area contributed by atoms with Crippen molar-refractivity contribution in [3.8, 4) is 0 Å². The van der Waals surface area contributed by atoms with Crippen LogP contribution >= 0.6 is 0 Å². The Labute approximate surface area is 288 Å². The van der Waals surface area contributed by atoms with Crippen LogP contribution in [0.3, 0.4) is 0 Å². The summed E-state index contributed by atoms with van der Waals surface area (Å²) in [6, 6.07) is 0. The number of hydrogen-bond acceptors (Lipinski definition) is 8. The Morgan fingerprint density at radius 3 is 1.15 bits per heavy atom. The third-order valence-electron chi connectivity index (χ3n) is 9.85. The molecule has 0 radical (unpaired) electrons. The van der Waals surface area contributed by atoms with Gasteiger partial charge in [0.2, 0.25) is 0 Å². The second-order valence-electron chi connectivity index (χ2n) is 14.6. The van der Waals surface area contributed by atoms with Gasteiger partial charge in [0, 0.05) is 12.8 Å². The van der Waals surface area contributed by atoms with E-state index in [2.05, 4.69) is 34.3 Å². The van der Waals surface area contributed by atoms with E-state index in [1.165, 1.54) is 128 Å². The number of hydrogen-bond donors (Lipinski definition) is 0. The molecule has 2 heterocycles. The fraction of sp³-hybridized carbons (Fsp3) is 0.949. The Morgan fingerprint density at radius 2 is 0.787 bits per heavy atom. The molecule has 0 N–H and O–H groups in total. The van der Waals surface area contributed by atoms with Crippen LogP contribution in [0.4, 0.5) is 0 Å². The minimum atomic E-state index is -0.387. The Kier molecular flexibility index (Phi) is 22.9. The maximum Gasteiger partial charge on any atom is 0.306 e. The van der Waals surface area contributed by atoms with Crippen molar-refractivity contribution in [2.75, 3.05) is 6.61 Å². The zero-order valence-electron chi connectivity index (χ0n) is 30.9. The summed E-state index contributed by atoms with van der Waals surface area (Å²) >= 11 is 0. The number of esters is 2. The van der Waals surface area contributed by atoms with Crippen molar-refractivity contribution >= 4 is 11.9 Å². The van der Waals surface area contributed by atoms with E-state index in [0.29, 0.717) is 12.8 Å². The summed E-state index contributed by atoms with van der Waals surface area (Å²) in [6.07, 6.45) is 34.3. The van der Waals surface area contributed by atoms with Crippen LogP contribution in [0.25, 0.3) is 0 Å².